The highest BCUT2D eigenvalue weighted by Crippen LogP contribution is 2.44. The van der Waals surface area contributed by atoms with Gasteiger partial charge in [0.15, 0.2) is 5.82 Å². The van der Waals surface area contributed by atoms with Crippen molar-refractivity contribution in [1.29, 1.82) is 0 Å². The molecule has 6 nitrogen and oxygen atoms in total. The third kappa shape index (κ3) is 2.23. The molecule has 1 saturated carbocycles. The van der Waals surface area contributed by atoms with Gasteiger partial charge in [0, 0.05) is 23.8 Å². The molecule has 1 N–H and O–H groups in total. The number of anilines is 2. The Morgan fingerprint density at radius 3 is 2.67 bits per heavy atom. The van der Waals surface area contributed by atoms with Crippen LogP contribution in [0, 0.1) is 5.82 Å². The number of halogens is 1. The number of rotatable bonds is 3. The Kier molecular flexibility index (Phi) is 3.26. The summed E-state index contributed by atoms with van der Waals surface area (Å²) in [5.74, 6) is 0.817. The number of carbonyl (C=O) groups is 1. The van der Waals surface area contributed by atoms with E-state index < -0.39 is 11.2 Å². The van der Waals surface area contributed by atoms with E-state index in [9.17, 15) is 9.18 Å². The van der Waals surface area contributed by atoms with E-state index in [1.807, 2.05) is 30.9 Å². The van der Waals surface area contributed by atoms with Crippen molar-refractivity contribution in [1.82, 2.24) is 15.0 Å². The quantitative estimate of drug-likeness (QED) is 0.936. The molecule has 1 fully saturated rings. The summed E-state index contributed by atoms with van der Waals surface area (Å²) >= 11 is 0. The van der Waals surface area contributed by atoms with Gasteiger partial charge >= 0.3 is 0 Å². The lowest BCUT2D eigenvalue weighted by Gasteiger charge is -2.41. The van der Waals surface area contributed by atoms with Crippen LogP contribution < -0.4 is 10.2 Å². The lowest BCUT2D eigenvalue weighted by atomic mass is 9.84. The Morgan fingerprint density at radius 2 is 1.96 bits per heavy atom. The molecule has 0 bridgehead atoms. The predicted octanol–water partition coefficient (Wildman–Crippen LogP) is 2.28. The van der Waals surface area contributed by atoms with E-state index in [0.29, 0.717) is 5.95 Å². The SMILES string of the molecule is CC1(C)C(=O)N(C2CC(Nc3ncc(F)cn3)C2)c2ncccc21. The van der Waals surface area contributed by atoms with E-state index in [0.717, 1.165) is 36.6 Å². The molecule has 2 aliphatic rings. The highest BCUT2D eigenvalue weighted by atomic mass is 19.1. The zero-order valence-corrected chi connectivity index (χ0v) is 13.5. The fourth-order valence-electron chi connectivity index (χ4n) is 3.41. The summed E-state index contributed by atoms with van der Waals surface area (Å²) in [5, 5.41) is 3.17. The monoisotopic (exact) mass is 327 g/mol. The van der Waals surface area contributed by atoms with Crippen molar-refractivity contribution >= 4 is 17.7 Å². The molecule has 1 aliphatic carbocycles. The first-order valence-corrected chi connectivity index (χ1v) is 8.00. The molecule has 0 spiro atoms. The highest BCUT2D eigenvalue weighted by molar-refractivity contribution is 6.07. The van der Waals surface area contributed by atoms with Crippen LogP contribution >= 0.6 is 0 Å². The van der Waals surface area contributed by atoms with Gasteiger partial charge in [0.2, 0.25) is 11.9 Å². The van der Waals surface area contributed by atoms with Gasteiger partial charge in [-0.05, 0) is 32.8 Å². The number of hydrogen-bond acceptors (Lipinski definition) is 5. The van der Waals surface area contributed by atoms with Crippen molar-refractivity contribution in [2.45, 2.75) is 44.2 Å². The van der Waals surface area contributed by atoms with Crippen LogP contribution in [0.15, 0.2) is 30.7 Å². The van der Waals surface area contributed by atoms with Crippen LogP contribution in [0.1, 0.15) is 32.3 Å². The van der Waals surface area contributed by atoms with Crippen LogP contribution in [-0.4, -0.2) is 32.9 Å². The molecule has 0 aromatic carbocycles. The van der Waals surface area contributed by atoms with Gasteiger partial charge in [0.25, 0.3) is 0 Å². The molecule has 24 heavy (non-hydrogen) atoms. The number of hydrogen-bond donors (Lipinski definition) is 1. The second-order valence-electron chi connectivity index (χ2n) is 6.87. The molecule has 0 atom stereocenters. The molecule has 7 heteroatoms. The Hall–Kier alpha value is -2.57. The number of amides is 1. The lowest BCUT2D eigenvalue weighted by molar-refractivity contribution is -0.122. The first-order valence-electron chi connectivity index (χ1n) is 8.00. The lowest BCUT2D eigenvalue weighted by Crippen LogP contribution is -2.53. The fraction of sp³-hybridized carbons (Fsp3) is 0.412. The number of pyridine rings is 1. The smallest absolute Gasteiger partial charge is 0.238 e. The van der Waals surface area contributed by atoms with Crippen molar-refractivity contribution in [2.75, 3.05) is 10.2 Å². The maximum atomic E-state index is 12.8. The van der Waals surface area contributed by atoms with E-state index in [1.54, 1.807) is 6.20 Å². The molecular formula is C17H18FN5O. The number of nitrogens with zero attached hydrogens (tertiary/aromatic N) is 4. The van der Waals surface area contributed by atoms with E-state index in [1.165, 1.54) is 0 Å². The van der Waals surface area contributed by atoms with E-state index in [2.05, 4.69) is 20.3 Å². The number of aromatic nitrogens is 3. The van der Waals surface area contributed by atoms with Crippen molar-refractivity contribution in [3.8, 4) is 0 Å². The zero-order chi connectivity index (χ0) is 16.9. The molecule has 1 aliphatic heterocycles. The summed E-state index contributed by atoms with van der Waals surface area (Å²) in [6.07, 6.45) is 5.58. The molecule has 1 amide bonds. The minimum Gasteiger partial charge on any atom is -0.351 e. The van der Waals surface area contributed by atoms with Crippen LogP contribution in [0.4, 0.5) is 16.2 Å². The van der Waals surface area contributed by atoms with Gasteiger partial charge in [0.1, 0.15) is 5.82 Å². The average Bonchev–Trinajstić information content (AvgIpc) is 2.73. The van der Waals surface area contributed by atoms with E-state index >= 15 is 0 Å². The molecule has 124 valence electrons. The summed E-state index contributed by atoms with van der Waals surface area (Å²) in [6, 6.07) is 4.13. The first-order chi connectivity index (χ1) is 11.5. The van der Waals surface area contributed by atoms with Crippen molar-refractivity contribution < 1.29 is 9.18 Å². The van der Waals surface area contributed by atoms with Crippen molar-refractivity contribution in [2.24, 2.45) is 0 Å². The second-order valence-corrected chi connectivity index (χ2v) is 6.87. The fourth-order valence-corrected chi connectivity index (χ4v) is 3.41. The minimum atomic E-state index is -0.540. The Bertz CT molecular complexity index is 786. The highest BCUT2D eigenvalue weighted by Gasteiger charge is 2.50. The Labute approximate surface area is 139 Å². The third-order valence-electron chi connectivity index (χ3n) is 4.87. The van der Waals surface area contributed by atoms with Gasteiger partial charge < -0.3 is 5.32 Å². The standard InChI is InChI=1S/C17H18FN5O/c1-17(2)13-4-3-5-19-14(13)23(15(17)24)12-6-11(7-12)22-16-20-8-10(18)9-21-16/h3-5,8-9,11-12H,6-7H2,1-2H3,(H,20,21,22). The number of nitrogens with one attached hydrogen (secondary N) is 1. The van der Waals surface area contributed by atoms with Crippen molar-refractivity contribution in [3.05, 3.63) is 42.1 Å². The average molecular weight is 327 g/mol. The van der Waals surface area contributed by atoms with Gasteiger partial charge in [-0.25, -0.2) is 19.3 Å². The van der Waals surface area contributed by atoms with E-state index in [4.69, 9.17) is 0 Å². The summed E-state index contributed by atoms with van der Waals surface area (Å²) in [7, 11) is 0. The summed E-state index contributed by atoms with van der Waals surface area (Å²) < 4.78 is 12.8. The van der Waals surface area contributed by atoms with E-state index in [-0.39, 0.29) is 18.0 Å². The van der Waals surface area contributed by atoms with Crippen molar-refractivity contribution in [3.63, 3.8) is 0 Å². The van der Waals surface area contributed by atoms with Gasteiger partial charge in [-0.2, -0.15) is 0 Å². The van der Waals surface area contributed by atoms with Crippen LogP contribution in [-0.2, 0) is 10.2 Å². The molecule has 3 heterocycles. The largest absolute Gasteiger partial charge is 0.351 e. The number of carbonyl (C=O) groups excluding carboxylic acids is 1. The van der Waals surface area contributed by atoms with Crippen LogP contribution in [0.25, 0.3) is 0 Å². The second kappa shape index (κ2) is 5.22. The summed E-state index contributed by atoms with van der Waals surface area (Å²) in [6.45, 7) is 3.88. The maximum absolute atomic E-state index is 12.8. The first kappa shape index (κ1) is 15.0. The molecule has 2 aromatic rings. The number of fused-ring (bicyclic) bond motifs is 1. The van der Waals surface area contributed by atoms with Gasteiger partial charge in [0.05, 0.1) is 17.8 Å². The third-order valence-corrected chi connectivity index (χ3v) is 4.87. The maximum Gasteiger partial charge on any atom is 0.238 e. The van der Waals surface area contributed by atoms with Gasteiger partial charge in [-0.1, -0.05) is 6.07 Å². The molecule has 0 saturated heterocycles. The van der Waals surface area contributed by atoms with Crippen LogP contribution in [0.2, 0.25) is 0 Å². The topological polar surface area (TPSA) is 71.0 Å². The van der Waals surface area contributed by atoms with Gasteiger partial charge in [-0.15, -0.1) is 0 Å². The normalized spacial score (nSPS) is 24.5. The summed E-state index contributed by atoms with van der Waals surface area (Å²) in [5.41, 5.74) is 0.440. The van der Waals surface area contributed by atoms with Crippen LogP contribution in [0.3, 0.4) is 0 Å². The Morgan fingerprint density at radius 1 is 1.25 bits per heavy atom. The summed E-state index contributed by atoms with van der Waals surface area (Å²) in [4.78, 5) is 26.9. The predicted molar refractivity (Wildman–Crippen MR) is 87.2 cm³/mol. The minimum absolute atomic E-state index is 0.0951. The van der Waals surface area contributed by atoms with Gasteiger partial charge in [-0.3, -0.25) is 9.69 Å². The molecule has 2 aromatic heterocycles. The molecule has 4 rings (SSSR count). The zero-order valence-electron chi connectivity index (χ0n) is 13.5. The molecule has 0 unspecified atom stereocenters. The Balaban J connectivity index is 1.47. The van der Waals surface area contributed by atoms with Crippen LogP contribution in [0.5, 0.6) is 0 Å². The molecule has 0 radical (unpaired) electrons. The molecular weight excluding hydrogens is 309 g/mol.